The highest BCUT2D eigenvalue weighted by Gasteiger charge is 2.08. The fourth-order valence-corrected chi connectivity index (χ4v) is 3.06. The lowest BCUT2D eigenvalue weighted by atomic mass is 10.1. The van der Waals surface area contributed by atoms with E-state index < -0.39 is 0 Å². The van der Waals surface area contributed by atoms with Gasteiger partial charge in [-0.05, 0) is 31.0 Å². The van der Waals surface area contributed by atoms with E-state index in [1.54, 1.807) is 18.3 Å². The van der Waals surface area contributed by atoms with E-state index in [0.29, 0.717) is 11.3 Å². The molecule has 0 aliphatic heterocycles. The van der Waals surface area contributed by atoms with Crippen molar-refractivity contribution < 1.29 is 4.39 Å². The second-order valence-corrected chi connectivity index (χ2v) is 6.03. The van der Waals surface area contributed by atoms with Gasteiger partial charge in [0.15, 0.2) is 4.34 Å². The van der Waals surface area contributed by atoms with Crippen LogP contribution in [0, 0.1) is 5.82 Å². The zero-order valence-electron chi connectivity index (χ0n) is 9.39. The number of thiazole rings is 1. The highest BCUT2D eigenvalue weighted by molar-refractivity contribution is 8.01. The van der Waals surface area contributed by atoms with E-state index in [0.717, 1.165) is 9.90 Å². The summed E-state index contributed by atoms with van der Waals surface area (Å²) >= 11 is 2.86. The molecule has 0 saturated carbocycles. The van der Waals surface area contributed by atoms with E-state index in [4.69, 9.17) is 5.73 Å². The van der Waals surface area contributed by atoms with Crippen molar-refractivity contribution in [1.29, 1.82) is 0 Å². The fraction of sp³-hybridized carbons (Fsp3) is 0.250. The van der Waals surface area contributed by atoms with Gasteiger partial charge in [0.05, 0.1) is 4.90 Å². The molecule has 0 spiro atoms. The zero-order chi connectivity index (χ0) is 12.3. The van der Waals surface area contributed by atoms with Gasteiger partial charge in [-0.25, -0.2) is 9.37 Å². The van der Waals surface area contributed by atoms with Gasteiger partial charge in [-0.2, -0.15) is 0 Å². The van der Waals surface area contributed by atoms with E-state index in [1.807, 2.05) is 18.4 Å². The first kappa shape index (κ1) is 12.5. The molecule has 0 saturated heterocycles. The summed E-state index contributed by atoms with van der Waals surface area (Å²) in [6.45, 7) is 1.91. The van der Waals surface area contributed by atoms with Crippen molar-refractivity contribution in [2.75, 3.05) is 0 Å². The minimum Gasteiger partial charge on any atom is -0.328 e. The molecule has 5 heteroatoms. The van der Waals surface area contributed by atoms with Crippen molar-refractivity contribution in [3.05, 3.63) is 41.2 Å². The highest BCUT2D eigenvalue weighted by atomic mass is 32.2. The highest BCUT2D eigenvalue weighted by Crippen LogP contribution is 2.31. The Bertz CT molecular complexity index is 483. The number of rotatable bonds is 4. The van der Waals surface area contributed by atoms with E-state index >= 15 is 0 Å². The lowest BCUT2D eigenvalue weighted by Gasteiger charge is -2.07. The van der Waals surface area contributed by atoms with Crippen LogP contribution >= 0.6 is 23.1 Å². The van der Waals surface area contributed by atoms with E-state index in [-0.39, 0.29) is 11.9 Å². The number of benzene rings is 1. The smallest absolute Gasteiger partial charge is 0.154 e. The van der Waals surface area contributed by atoms with Crippen molar-refractivity contribution >= 4 is 23.1 Å². The van der Waals surface area contributed by atoms with Crippen LogP contribution in [0.15, 0.2) is 39.0 Å². The van der Waals surface area contributed by atoms with E-state index in [2.05, 4.69) is 4.98 Å². The summed E-state index contributed by atoms with van der Waals surface area (Å²) in [5, 5.41) is 1.88. The molecular weight excluding hydrogens is 255 g/mol. The summed E-state index contributed by atoms with van der Waals surface area (Å²) < 4.78 is 14.7. The minimum atomic E-state index is -0.205. The third-order valence-corrected chi connectivity index (χ3v) is 4.10. The Morgan fingerprint density at radius 2 is 2.35 bits per heavy atom. The maximum absolute atomic E-state index is 13.8. The molecule has 2 nitrogen and oxygen atoms in total. The van der Waals surface area contributed by atoms with Crippen LogP contribution in [0.5, 0.6) is 0 Å². The molecule has 17 heavy (non-hydrogen) atoms. The van der Waals surface area contributed by atoms with Gasteiger partial charge in [0.1, 0.15) is 5.82 Å². The van der Waals surface area contributed by atoms with Crippen LogP contribution in [0.4, 0.5) is 4.39 Å². The third kappa shape index (κ3) is 3.52. The van der Waals surface area contributed by atoms with Crippen LogP contribution in [0.3, 0.4) is 0 Å². The lowest BCUT2D eigenvalue weighted by Crippen LogP contribution is -2.17. The standard InChI is InChI=1S/C12H13FN2S2/c1-8(14)6-9-2-3-11(10(13)7-9)17-12-15-4-5-16-12/h2-5,7-8H,6,14H2,1H3. The van der Waals surface area contributed by atoms with E-state index in [9.17, 15) is 4.39 Å². The number of nitrogens with two attached hydrogens (primary N) is 1. The molecule has 2 rings (SSSR count). The predicted molar refractivity (Wildman–Crippen MR) is 70.0 cm³/mol. The average molecular weight is 268 g/mol. The SMILES string of the molecule is CC(N)Cc1ccc(Sc2nccs2)c(F)c1. The molecular formula is C12H13FN2S2. The van der Waals surface area contributed by atoms with E-state index in [1.165, 1.54) is 23.1 Å². The van der Waals surface area contributed by atoms with Gasteiger partial charge < -0.3 is 5.73 Å². The Balaban J connectivity index is 2.14. The summed E-state index contributed by atoms with van der Waals surface area (Å²) in [5.74, 6) is -0.205. The number of halogens is 1. The molecule has 0 aliphatic rings. The van der Waals surface area contributed by atoms with Crippen molar-refractivity contribution in [3.8, 4) is 0 Å². The first-order valence-corrected chi connectivity index (χ1v) is 6.96. The first-order valence-electron chi connectivity index (χ1n) is 5.26. The number of aromatic nitrogens is 1. The van der Waals surface area contributed by atoms with Crippen molar-refractivity contribution in [2.24, 2.45) is 5.73 Å². The molecule has 0 bridgehead atoms. The predicted octanol–water partition coefficient (Wildman–Crippen LogP) is 3.32. The second-order valence-electron chi connectivity index (χ2n) is 3.85. The largest absolute Gasteiger partial charge is 0.328 e. The summed E-state index contributed by atoms with van der Waals surface area (Å²) in [6, 6.07) is 5.31. The molecule has 1 aromatic carbocycles. The van der Waals surface area contributed by atoms with Gasteiger partial charge >= 0.3 is 0 Å². The Hall–Kier alpha value is -0.910. The van der Waals surface area contributed by atoms with Gasteiger partial charge in [0.25, 0.3) is 0 Å². The van der Waals surface area contributed by atoms with Crippen LogP contribution in [0.1, 0.15) is 12.5 Å². The lowest BCUT2D eigenvalue weighted by molar-refractivity contribution is 0.597. The Labute approximate surface area is 108 Å². The molecule has 90 valence electrons. The fourth-order valence-electron chi connectivity index (χ4n) is 1.48. The van der Waals surface area contributed by atoms with Crippen molar-refractivity contribution in [1.82, 2.24) is 4.98 Å². The minimum absolute atomic E-state index is 0.0480. The monoisotopic (exact) mass is 268 g/mol. The Morgan fingerprint density at radius 1 is 1.53 bits per heavy atom. The van der Waals surface area contributed by atoms with Gasteiger partial charge in [-0.1, -0.05) is 17.8 Å². The Morgan fingerprint density at radius 3 is 2.94 bits per heavy atom. The normalized spacial score (nSPS) is 12.6. The molecule has 0 aliphatic carbocycles. The zero-order valence-corrected chi connectivity index (χ0v) is 11.0. The van der Waals surface area contributed by atoms with Crippen LogP contribution in [0.2, 0.25) is 0 Å². The molecule has 1 heterocycles. The van der Waals surface area contributed by atoms with Crippen molar-refractivity contribution in [2.45, 2.75) is 28.6 Å². The molecule has 1 unspecified atom stereocenters. The van der Waals surface area contributed by atoms with Gasteiger partial charge in [-0.3, -0.25) is 0 Å². The maximum atomic E-state index is 13.8. The van der Waals surface area contributed by atoms with Crippen LogP contribution in [-0.2, 0) is 6.42 Å². The van der Waals surface area contributed by atoms with Gasteiger partial charge in [-0.15, -0.1) is 11.3 Å². The summed E-state index contributed by atoms with van der Waals surface area (Å²) in [4.78, 5) is 4.72. The average Bonchev–Trinajstić information content (AvgIpc) is 2.74. The topological polar surface area (TPSA) is 38.9 Å². The van der Waals surface area contributed by atoms with Crippen LogP contribution in [-0.4, -0.2) is 11.0 Å². The number of hydrogen-bond donors (Lipinski definition) is 1. The van der Waals surface area contributed by atoms with Crippen LogP contribution in [0.25, 0.3) is 0 Å². The maximum Gasteiger partial charge on any atom is 0.154 e. The van der Waals surface area contributed by atoms with Gasteiger partial charge in [0, 0.05) is 17.6 Å². The molecule has 0 radical (unpaired) electrons. The van der Waals surface area contributed by atoms with Crippen molar-refractivity contribution in [3.63, 3.8) is 0 Å². The molecule has 0 fully saturated rings. The van der Waals surface area contributed by atoms with Gasteiger partial charge in [0.2, 0.25) is 0 Å². The number of nitrogens with zero attached hydrogens (tertiary/aromatic N) is 1. The second kappa shape index (κ2) is 5.62. The molecule has 0 amide bonds. The molecule has 2 N–H and O–H groups in total. The Kier molecular flexibility index (Phi) is 4.15. The molecule has 1 aromatic heterocycles. The summed E-state index contributed by atoms with van der Waals surface area (Å²) in [7, 11) is 0. The molecule has 1 atom stereocenters. The van der Waals surface area contributed by atoms with Crippen LogP contribution < -0.4 is 5.73 Å². The third-order valence-electron chi connectivity index (χ3n) is 2.16. The first-order chi connectivity index (χ1) is 8.15. The number of hydrogen-bond acceptors (Lipinski definition) is 4. The quantitative estimate of drug-likeness (QED) is 0.924. The summed E-state index contributed by atoms with van der Waals surface area (Å²) in [5.41, 5.74) is 6.62. The molecule has 2 aromatic rings. The summed E-state index contributed by atoms with van der Waals surface area (Å²) in [6.07, 6.45) is 2.41.